The van der Waals surface area contributed by atoms with Gasteiger partial charge in [0.2, 0.25) is 5.91 Å². The van der Waals surface area contributed by atoms with Crippen LogP contribution in [0, 0.1) is 5.41 Å². The first kappa shape index (κ1) is 18.5. The molecule has 0 heterocycles. The van der Waals surface area contributed by atoms with E-state index >= 15 is 0 Å². The minimum absolute atomic E-state index is 0.227. The van der Waals surface area contributed by atoms with Crippen molar-refractivity contribution in [3.63, 3.8) is 0 Å². The number of carboxylic acid groups (broad SMARTS) is 1. The number of ether oxygens (including phenoxy) is 1. The van der Waals surface area contributed by atoms with E-state index in [1.807, 2.05) is 12.1 Å². The third-order valence-corrected chi connectivity index (χ3v) is 3.60. The van der Waals surface area contributed by atoms with E-state index in [-0.39, 0.29) is 18.9 Å². The summed E-state index contributed by atoms with van der Waals surface area (Å²) in [5, 5.41) is 12.3. The van der Waals surface area contributed by atoms with E-state index in [9.17, 15) is 9.59 Å². The highest BCUT2D eigenvalue weighted by molar-refractivity contribution is 6.30. The Hall–Kier alpha value is -1.59. The minimum atomic E-state index is -1.07. The van der Waals surface area contributed by atoms with Gasteiger partial charge in [-0.3, -0.25) is 4.79 Å². The second-order valence-corrected chi connectivity index (χ2v) is 6.27. The summed E-state index contributed by atoms with van der Waals surface area (Å²) in [5.74, 6) is -1.38. The van der Waals surface area contributed by atoms with Gasteiger partial charge in [-0.25, -0.2) is 4.79 Å². The van der Waals surface area contributed by atoms with Gasteiger partial charge in [-0.1, -0.05) is 37.6 Å². The molecule has 0 saturated heterocycles. The van der Waals surface area contributed by atoms with Crippen LogP contribution < -0.4 is 5.32 Å². The molecule has 0 saturated carbocycles. The molecule has 22 heavy (non-hydrogen) atoms. The number of benzene rings is 1. The lowest BCUT2D eigenvalue weighted by Crippen LogP contribution is -2.47. The van der Waals surface area contributed by atoms with E-state index in [4.69, 9.17) is 21.4 Å². The van der Waals surface area contributed by atoms with Gasteiger partial charge in [0.05, 0.1) is 0 Å². The van der Waals surface area contributed by atoms with Crippen LogP contribution in [0.15, 0.2) is 24.3 Å². The number of amides is 1. The summed E-state index contributed by atoms with van der Waals surface area (Å²) < 4.78 is 4.87. The summed E-state index contributed by atoms with van der Waals surface area (Å²) in [6.07, 6.45) is 0.695. The fraction of sp³-hybridized carbons (Fsp3) is 0.500. The van der Waals surface area contributed by atoms with E-state index in [0.717, 1.165) is 5.56 Å². The number of halogens is 1. The molecule has 0 aromatic heterocycles. The highest BCUT2D eigenvalue weighted by atomic mass is 35.5. The molecule has 0 aliphatic carbocycles. The number of methoxy groups -OCH3 is 1. The zero-order valence-corrected chi connectivity index (χ0v) is 13.8. The maximum atomic E-state index is 12.4. The number of hydrogen-bond acceptors (Lipinski definition) is 3. The number of carboxylic acids is 1. The van der Waals surface area contributed by atoms with Crippen LogP contribution in [0.4, 0.5) is 0 Å². The Kier molecular flexibility index (Phi) is 6.84. The lowest BCUT2D eigenvalue weighted by molar-refractivity contribution is -0.144. The molecule has 0 aliphatic rings. The van der Waals surface area contributed by atoms with Crippen molar-refractivity contribution in [2.24, 2.45) is 5.41 Å². The van der Waals surface area contributed by atoms with Gasteiger partial charge in [0, 0.05) is 30.6 Å². The average Bonchev–Trinajstić information content (AvgIpc) is 2.42. The molecule has 1 amide bonds. The second kappa shape index (κ2) is 8.15. The van der Waals surface area contributed by atoms with Crippen LogP contribution >= 0.6 is 11.6 Å². The second-order valence-electron chi connectivity index (χ2n) is 5.84. The fourth-order valence-electron chi connectivity index (χ4n) is 2.08. The molecule has 122 valence electrons. The summed E-state index contributed by atoms with van der Waals surface area (Å²) >= 11 is 5.94. The predicted octanol–water partition coefficient (Wildman–Crippen LogP) is 2.51. The zero-order valence-electron chi connectivity index (χ0n) is 13.1. The van der Waals surface area contributed by atoms with Crippen molar-refractivity contribution in [1.82, 2.24) is 5.32 Å². The summed E-state index contributed by atoms with van der Waals surface area (Å²) in [4.78, 5) is 23.6. The molecule has 1 rings (SSSR count). The van der Waals surface area contributed by atoms with Gasteiger partial charge < -0.3 is 15.2 Å². The number of carbonyl (C=O) groups is 2. The number of aliphatic carboxylic acids is 1. The quantitative estimate of drug-likeness (QED) is 0.769. The fourth-order valence-corrected chi connectivity index (χ4v) is 2.30. The molecular weight excluding hydrogens is 306 g/mol. The van der Waals surface area contributed by atoms with Crippen molar-refractivity contribution >= 4 is 23.5 Å². The maximum Gasteiger partial charge on any atom is 0.326 e. The summed E-state index contributed by atoms with van der Waals surface area (Å²) in [5.41, 5.74) is 0.183. The Labute approximate surface area is 135 Å². The number of nitrogens with one attached hydrogen (secondary N) is 1. The van der Waals surface area contributed by atoms with Gasteiger partial charge in [-0.2, -0.15) is 0 Å². The van der Waals surface area contributed by atoms with Crippen LogP contribution in [0.2, 0.25) is 5.02 Å². The number of rotatable bonds is 8. The van der Waals surface area contributed by atoms with Crippen molar-refractivity contribution in [1.29, 1.82) is 0 Å². The average molecular weight is 328 g/mol. The normalized spacial score (nSPS) is 12.7. The van der Waals surface area contributed by atoms with Crippen LogP contribution in [-0.4, -0.2) is 36.7 Å². The number of carbonyl (C=O) groups excluding carboxylic acids is 1. The van der Waals surface area contributed by atoms with Gasteiger partial charge in [0.15, 0.2) is 0 Å². The Morgan fingerprint density at radius 2 is 2.09 bits per heavy atom. The molecule has 0 radical (unpaired) electrons. The Bertz CT molecular complexity index is 531. The molecule has 6 heteroatoms. The van der Waals surface area contributed by atoms with Crippen LogP contribution in [0.3, 0.4) is 0 Å². The molecule has 0 aliphatic heterocycles. The molecule has 0 fully saturated rings. The Morgan fingerprint density at radius 3 is 2.64 bits per heavy atom. The van der Waals surface area contributed by atoms with Gasteiger partial charge >= 0.3 is 5.97 Å². The third kappa shape index (κ3) is 5.66. The lowest BCUT2D eigenvalue weighted by Gasteiger charge is -2.26. The van der Waals surface area contributed by atoms with Crippen molar-refractivity contribution in [3.8, 4) is 0 Å². The largest absolute Gasteiger partial charge is 0.480 e. The van der Waals surface area contributed by atoms with E-state index in [1.165, 1.54) is 7.11 Å². The smallest absolute Gasteiger partial charge is 0.326 e. The van der Waals surface area contributed by atoms with E-state index in [1.54, 1.807) is 26.0 Å². The van der Waals surface area contributed by atoms with Crippen LogP contribution in [0.5, 0.6) is 0 Å². The summed E-state index contributed by atoms with van der Waals surface area (Å²) in [7, 11) is 1.49. The SMILES string of the molecule is COCCC(NC(=O)C(C)(C)Cc1cccc(Cl)c1)C(=O)O. The van der Waals surface area contributed by atoms with Crippen LogP contribution in [-0.2, 0) is 20.7 Å². The minimum Gasteiger partial charge on any atom is -0.480 e. The van der Waals surface area contributed by atoms with Crippen LogP contribution in [0.1, 0.15) is 25.8 Å². The van der Waals surface area contributed by atoms with Crippen molar-refractivity contribution in [2.45, 2.75) is 32.7 Å². The predicted molar refractivity (Wildman–Crippen MR) is 85.0 cm³/mol. The molecule has 1 aromatic rings. The molecule has 1 unspecified atom stereocenters. The molecular formula is C16H22ClNO4. The first-order valence-electron chi connectivity index (χ1n) is 7.03. The first-order valence-corrected chi connectivity index (χ1v) is 7.41. The van der Waals surface area contributed by atoms with E-state index < -0.39 is 17.4 Å². The molecule has 0 bridgehead atoms. The van der Waals surface area contributed by atoms with Crippen molar-refractivity contribution < 1.29 is 19.4 Å². The molecule has 2 N–H and O–H groups in total. The molecule has 0 spiro atoms. The van der Waals surface area contributed by atoms with Crippen LogP contribution in [0.25, 0.3) is 0 Å². The Balaban J connectivity index is 2.74. The maximum absolute atomic E-state index is 12.4. The number of hydrogen-bond donors (Lipinski definition) is 2. The monoisotopic (exact) mass is 327 g/mol. The van der Waals surface area contributed by atoms with Gasteiger partial charge in [-0.05, 0) is 24.1 Å². The zero-order chi connectivity index (χ0) is 16.8. The molecule has 5 nitrogen and oxygen atoms in total. The van der Waals surface area contributed by atoms with Gasteiger partial charge in [0.1, 0.15) is 6.04 Å². The summed E-state index contributed by atoms with van der Waals surface area (Å²) in [6.45, 7) is 3.82. The lowest BCUT2D eigenvalue weighted by atomic mass is 9.84. The highest BCUT2D eigenvalue weighted by Gasteiger charge is 2.31. The summed E-state index contributed by atoms with van der Waals surface area (Å²) in [6, 6.07) is 6.33. The molecule has 1 atom stereocenters. The van der Waals surface area contributed by atoms with Gasteiger partial charge in [0.25, 0.3) is 0 Å². The highest BCUT2D eigenvalue weighted by Crippen LogP contribution is 2.24. The first-order chi connectivity index (χ1) is 10.3. The standard InChI is InChI=1S/C16H22ClNO4/c1-16(2,10-11-5-4-6-12(17)9-11)15(21)18-13(14(19)20)7-8-22-3/h4-6,9,13H,7-8,10H2,1-3H3,(H,18,21)(H,19,20). The van der Waals surface area contributed by atoms with Crippen molar-refractivity contribution in [3.05, 3.63) is 34.9 Å². The molecule has 1 aromatic carbocycles. The van der Waals surface area contributed by atoms with Crippen molar-refractivity contribution in [2.75, 3.05) is 13.7 Å². The topological polar surface area (TPSA) is 75.6 Å². The van der Waals surface area contributed by atoms with Gasteiger partial charge in [-0.15, -0.1) is 0 Å². The van der Waals surface area contributed by atoms with E-state index in [2.05, 4.69) is 5.32 Å². The Morgan fingerprint density at radius 1 is 1.41 bits per heavy atom. The third-order valence-electron chi connectivity index (χ3n) is 3.36. The van der Waals surface area contributed by atoms with E-state index in [0.29, 0.717) is 11.4 Å².